The predicted molar refractivity (Wildman–Crippen MR) is 87.0 cm³/mol. The second kappa shape index (κ2) is 11.0. The van der Waals surface area contributed by atoms with Crippen molar-refractivity contribution in [2.45, 2.75) is 52.9 Å². The molecule has 0 aliphatic rings. The lowest BCUT2D eigenvalue weighted by Crippen LogP contribution is -2.27. The number of hydrogen-bond acceptors (Lipinski definition) is 6. The van der Waals surface area contributed by atoms with Crippen LogP contribution in [0.2, 0.25) is 0 Å². The monoisotopic (exact) mass is 328 g/mol. The van der Waals surface area contributed by atoms with Crippen molar-refractivity contribution < 1.29 is 28.5 Å². The van der Waals surface area contributed by atoms with Crippen molar-refractivity contribution in [1.29, 1.82) is 0 Å². The Kier molecular flexibility index (Phi) is 10.2. The second-order valence-corrected chi connectivity index (χ2v) is 5.67. The average molecular weight is 328 g/mol. The number of hydrogen-bond donors (Lipinski definition) is 0. The second-order valence-electron chi connectivity index (χ2n) is 5.67. The van der Waals surface area contributed by atoms with E-state index in [1.54, 1.807) is 27.7 Å². The van der Waals surface area contributed by atoms with Crippen LogP contribution in [0.4, 0.5) is 0 Å². The Bertz CT molecular complexity index is 429. The van der Waals surface area contributed by atoms with Gasteiger partial charge in [0.25, 0.3) is 0 Å². The first-order valence-electron chi connectivity index (χ1n) is 7.55. The van der Waals surface area contributed by atoms with E-state index in [-0.39, 0.29) is 31.5 Å². The molecule has 0 radical (unpaired) electrons. The number of ether oxygens (including phenoxy) is 4. The predicted octanol–water partition coefficient (Wildman–Crippen LogP) is 2.42. The Labute approximate surface area is 138 Å². The smallest absolute Gasteiger partial charge is 0.333 e. The molecule has 0 saturated carbocycles. The summed E-state index contributed by atoms with van der Waals surface area (Å²) < 4.78 is 21.2. The van der Waals surface area contributed by atoms with E-state index >= 15 is 0 Å². The standard InChI is InChI=1S/C17H28O6/c1-11(2)16(18)22-14(6)9-20-8-13(5)21-10-15(7)23-17(19)12(3)4/h13-15H,1,3,8-10H2,2,4-7H3. The molecule has 0 aromatic rings. The Morgan fingerprint density at radius 3 is 1.61 bits per heavy atom. The number of carbonyl (C=O) groups excluding carboxylic acids is 2. The normalized spacial score (nSPS) is 14.5. The van der Waals surface area contributed by atoms with Crippen LogP contribution < -0.4 is 0 Å². The SMILES string of the molecule is C=C(C)C(=O)OC(C)COCC(C)OCC(C)OC(=O)C(=C)C. The van der Waals surface area contributed by atoms with Crippen LogP contribution in [0.25, 0.3) is 0 Å². The van der Waals surface area contributed by atoms with Crippen molar-refractivity contribution in [3.05, 3.63) is 24.3 Å². The molecule has 0 fully saturated rings. The topological polar surface area (TPSA) is 71.1 Å². The first-order chi connectivity index (χ1) is 10.6. The average Bonchev–Trinajstić information content (AvgIpc) is 2.44. The fraction of sp³-hybridized carbons (Fsp3) is 0.647. The van der Waals surface area contributed by atoms with Gasteiger partial charge in [0.05, 0.1) is 25.9 Å². The van der Waals surface area contributed by atoms with Gasteiger partial charge < -0.3 is 18.9 Å². The van der Waals surface area contributed by atoms with E-state index in [1.807, 2.05) is 6.92 Å². The fourth-order valence-electron chi connectivity index (χ4n) is 1.38. The molecule has 0 aliphatic carbocycles. The summed E-state index contributed by atoms with van der Waals surface area (Å²) in [6.07, 6.45) is -0.899. The molecule has 0 spiro atoms. The third-order valence-electron chi connectivity index (χ3n) is 2.63. The first-order valence-corrected chi connectivity index (χ1v) is 7.55. The van der Waals surface area contributed by atoms with E-state index in [4.69, 9.17) is 18.9 Å². The zero-order valence-corrected chi connectivity index (χ0v) is 14.7. The molecule has 0 aliphatic heterocycles. The van der Waals surface area contributed by atoms with E-state index in [0.717, 1.165) is 0 Å². The molecule has 0 amide bonds. The fourth-order valence-corrected chi connectivity index (χ4v) is 1.38. The van der Waals surface area contributed by atoms with Crippen LogP contribution in [-0.4, -0.2) is 50.1 Å². The zero-order chi connectivity index (χ0) is 18.0. The van der Waals surface area contributed by atoms with Crippen LogP contribution in [0.1, 0.15) is 34.6 Å². The third kappa shape index (κ3) is 10.7. The molecule has 0 aromatic heterocycles. The quantitative estimate of drug-likeness (QED) is 0.428. The maximum Gasteiger partial charge on any atom is 0.333 e. The Morgan fingerprint density at radius 2 is 1.17 bits per heavy atom. The van der Waals surface area contributed by atoms with Crippen LogP contribution in [0.3, 0.4) is 0 Å². The van der Waals surface area contributed by atoms with Crippen LogP contribution in [0, 0.1) is 0 Å². The van der Waals surface area contributed by atoms with Gasteiger partial charge >= 0.3 is 11.9 Å². The number of rotatable bonds is 11. The molecule has 0 N–H and O–H groups in total. The Balaban J connectivity index is 3.84. The van der Waals surface area contributed by atoms with Crippen LogP contribution in [0.5, 0.6) is 0 Å². The van der Waals surface area contributed by atoms with E-state index < -0.39 is 11.9 Å². The van der Waals surface area contributed by atoms with Gasteiger partial charge in [-0.15, -0.1) is 0 Å². The molecule has 3 atom stereocenters. The molecule has 6 heteroatoms. The summed E-state index contributed by atoms with van der Waals surface area (Å²) in [7, 11) is 0. The van der Waals surface area contributed by atoms with Gasteiger partial charge in [-0.2, -0.15) is 0 Å². The molecule has 6 nitrogen and oxygen atoms in total. The molecule has 0 saturated heterocycles. The molecule has 3 unspecified atom stereocenters. The molecular weight excluding hydrogens is 300 g/mol. The van der Waals surface area contributed by atoms with Crippen molar-refractivity contribution >= 4 is 11.9 Å². The third-order valence-corrected chi connectivity index (χ3v) is 2.63. The van der Waals surface area contributed by atoms with Crippen molar-refractivity contribution in [2.24, 2.45) is 0 Å². The lowest BCUT2D eigenvalue weighted by atomic mass is 10.3. The minimum atomic E-state index is -0.432. The van der Waals surface area contributed by atoms with Crippen molar-refractivity contribution in [3.63, 3.8) is 0 Å². The lowest BCUT2D eigenvalue weighted by Gasteiger charge is -2.19. The van der Waals surface area contributed by atoms with Gasteiger partial charge in [0.15, 0.2) is 0 Å². The molecule has 23 heavy (non-hydrogen) atoms. The van der Waals surface area contributed by atoms with E-state index in [2.05, 4.69) is 13.2 Å². The molecule has 0 heterocycles. The highest BCUT2D eigenvalue weighted by molar-refractivity contribution is 5.87. The maximum atomic E-state index is 11.3. The van der Waals surface area contributed by atoms with Gasteiger partial charge in [-0.3, -0.25) is 0 Å². The number of carbonyl (C=O) groups is 2. The zero-order valence-electron chi connectivity index (χ0n) is 14.7. The summed E-state index contributed by atoms with van der Waals surface area (Å²) in [4.78, 5) is 22.6. The van der Waals surface area contributed by atoms with Crippen molar-refractivity contribution in [3.8, 4) is 0 Å². The molecule has 0 aromatic carbocycles. The van der Waals surface area contributed by atoms with Gasteiger partial charge in [0, 0.05) is 11.1 Å². The Hall–Kier alpha value is -1.66. The van der Waals surface area contributed by atoms with E-state index in [9.17, 15) is 9.59 Å². The van der Waals surface area contributed by atoms with Crippen LogP contribution in [-0.2, 0) is 28.5 Å². The summed E-state index contributed by atoms with van der Waals surface area (Å²) in [6, 6.07) is 0. The van der Waals surface area contributed by atoms with Crippen molar-refractivity contribution in [2.75, 3.05) is 19.8 Å². The highest BCUT2D eigenvalue weighted by atomic mass is 16.6. The van der Waals surface area contributed by atoms with E-state index in [1.165, 1.54) is 0 Å². The van der Waals surface area contributed by atoms with Crippen LogP contribution >= 0.6 is 0 Å². The summed E-state index contributed by atoms with van der Waals surface area (Å²) in [6.45, 7) is 16.4. The summed E-state index contributed by atoms with van der Waals surface area (Å²) in [5.74, 6) is -0.864. The van der Waals surface area contributed by atoms with Gasteiger partial charge in [-0.1, -0.05) is 13.2 Å². The Morgan fingerprint density at radius 1 is 0.783 bits per heavy atom. The van der Waals surface area contributed by atoms with Gasteiger partial charge in [0.2, 0.25) is 0 Å². The highest BCUT2D eigenvalue weighted by Gasteiger charge is 2.14. The minimum Gasteiger partial charge on any atom is -0.457 e. The summed E-state index contributed by atoms with van der Waals surface area (Å²) >= 11 is 0. The van der Waals surface area contributed by atoms with E-state index in [0.29, 0.717) is 17.8 Å². The highest BCUT2D eigenvalue weighted by Crippen LogP contribution is 2.03. The molecule has 132 valence electrons. The molecule has 0 bridgehead atoms. The maximum absolute atomic E-state index is 11.3. The van der Waals surface area contributed by atoms with Gasteiger partial charge in [0.1, 0.15) is 12.2 Å². The van der Waals surface area contributed by atoms with Gasteiger partial charge in [-0.25, -0.2) is 9.59 Å². The first kappa shape index (κ1) is 21.3. The van der Waals surface area contributed by atoms with Gasteiger partial charge in [-0.05, 0) is 34.6 Å². The molecule has 0 rings (SSSR count). The van der Waals surface area contributed by atoms with Crippen LogP contribution in [0.15, 0.2) is 24.3 Å². The molecular formula is C17H28O6. The lowest BCUT2D eigenvalue weighted by molar-refractivity contribution is -0.150. The minimum absolute atomic E-state index is 0.176. The summed E-state index contributed by atoms with van der Waals surface area (Å²) in [5, 5.41) is 0. The summed E-state index contributed by atoms with van der Waals surface area (Å²) in [5.41, 5.74) is 0.707. The largest absolute Gasteiger partial charge is 0.457 e. The van der Waals surface area contributed by atoms with Crippen molar-refractivity contribution in [1.82, 2.24) is 0 Å². The number of esters is 2.